The lowest BCUT2D eigenvalue weighted by Gasteiger charge is -2.23. The van der Waals surface area contributed by atoms with Gasteiger partial charge in [-0.1, -0.05) is 19.1 Å². The number of allylic oxidation sites excluding steroid dienone is 6. The summed E-state index contributed by atoms with van der Waals surface area (Å²) in [5.41, 5.74) is 5.01. The molecule has 0 atom stereocenters. The molecule has 0 amide bonds. The van der Waals surface area contributed by atoms with Gasteiger partial charge in [-0.05, 0) is 83.3 Å². The van der Waals surface area contributed by atoms with Gasteiger partial charge in [0.25, 0.3) is 0 Å². The Labute approximate surface area is 137 Å². The molecule has 0 aromatic carbocycles. The molecular formula is C20H34O2. The van der Waals surface area contributed by atoms with Crippen molar-refractivity contribution in [1.82, 2.24) is 0 Å². The molecule has 0 spiro atoms. The number of hydrogen-bond acceptors (Lipinski definition) is 2. The maximum absolute atomic E-state index is 6.01. The third kappa shape index (κ3) is 7.65. The standard InChI is InChI=1S/C20H34O2/c1-10-15(3)19(14-22-20(6,7)8)17(5)18(11-2)13-12-16(4)21-9/h10,12-13H,11,14H2,1-9H3. The predicted octanol–water partition coefficient (Wildman–Crippen LogP) is 5.97. The molecule has 22 heavy (non-hydrogen) atoms. The van der Waals surface area contributed by atoms with E-state index in [9.17, 15) is 0 Å². The molecule has 2 nitrogen and oxygen atoms in total. The van der Waals surface area contributed by atoms with Crippen LogP contribution in [0.25, 0.3) is 0 Å². The third-order valence-corrected chi connectivity index (χ3v) is 3.71. The molecule has 0 aliphatic carbocycles. The minimum Gasteiger partial charge on any atom is -0.501 e. The molecule has 0 aromatic rings. The van der Waals surface area contributed by atoms with Crippen molar-refractivity contribution in [2.75, 3.05) is 13.7 Å². The molecule has 0 fully saturated rings. The van der Waals surface area contributed by atoms with Gasteiger partial charge in [-0.3, -0.25) is 0 Å². The normalized spacial score (nSPS) is 15.8. The third-order valence-electron chi connectivity index (χ3n) is 3.71. The van der Waals surface area contributed by atoms with E-state index in [0.29, 0.717) is 6.61 Å². The van der Waals surface area contributed by atoms with E-state index in [4.69, 9.17) is 9.47 Å². The average molecular weight is 306 g/mol. The summed E-state index contributed by atoms with van der Waals surface area (Å²) in [6.45, 7) is 17.4. The minimum atomic E-state index is -0.137. The second-order valence-corrected chi connectivity index (χ2v) is 6.50. The van der Waals surface area contributed by atoms with E-state index in [1.54, 1.807) is 7.11 Å². The Bertz CT molecular complexity index is 468. The monoisotopic (exact) mass is 306 g/mol. The van der Waals surface area contributed by atoms with Crippen molar-refractivity contribution in [3.05, 3.63) is 46.3 Å². The number of ether oxygens (including phenoxy) is 2. The van der Waals surface area contributed by atoms with Gasteiger partial charge in [-0.2, -0.15) is 0 Å². The van der Waals surface area contributed by atoms with Gasteiger partial charge in [0.05, 0.1) is 25.1 Å². The van der Waals surface area contributed by atoms with Crippen molar-refractivity contribution >= 4 is 0 Å². The van der Waals surface area contributed by atoms with Gasteiger partial charge in [0.1, 0.15) is 0 Å². The summed E-state index contributed by atoms with van der Waals surface area (Å²) in [6, 6.07) is 0. The first-order valence-corrected chi connectivity index (χ1v) is 8.05. The summed E-state index contributed by atoms with van der Waals surface area (Å²) in [6.07, 6.45) is 7.30. The summed E-state index contributed by atoms with van der Waals surface area (Å²) in [4.78, 5) is 0. The van der Waals surface area contributed by atoms with Crippen LogP contribution >= 0.6 is 0 Å². The number of methoxy groups -OCH3 is 1. The highest BCUT2D eigenvalue weighted by atomic mass is 16.5. The second kappa shape index (κ2) is 9.68. The van der Waals surface area contributed by atoms with E-state index in [2.05, 4.69) is 60.6 Å². The van der Waals surface area contributed by atoms with Gasteiger partial charge >= 0.3 is 0 Å². The highest BCUT2D eigenvalue weighted by Crippen LogP contribution is 2.25. The van der Waals surface area contributed by atoms with Crippen molar-refractivity contribution < 1.29 is 9.47 Å². The summed E-state index contributed by atoms with van der Waals surface area (Å²) in [5.74, 6) is 0.911. The minimum absolute atomic E-state index is 0.137. The summed E-state index contributed by atoms with van der Waals surface area (Å²) in [5, 5.41) is 0. The summed E-state index contributed by atoms with van der Waals surface area (Å²) < 4.78 is 11.2. The van der Waals surface area contributed by atoms with Gasteiger partial charge in [0.2, 0.25) is 0 Å². The van der Waals surface area contributed by atoms with E-state index in [0.717, 1.165) is 12.2 Å². The zero-order valence-electron chi connectivity index (χ0n) is 16.0. The van der Waals surface area contributed by atoms with Gasteiger partial charge in [0, 0.05) is 0 Å². The Kier molecular flexibility index (Phi) is 9.12. The van der Waals surface area contributed by atoms with Crippen molar-refractivity contribution in [3.63, 3.8) is 0 Å². The highest BCUT2D eigenvalue weighted by molar-refractivity contribution is 5.44. The number of rotatable bonds is 7. The smallest absolute Gasteiger partial charge is 0.0924 e. The largest absolute Gasteiger partial charge is 0.501 e. The Morgan fingerprint density at radius 2 is 1.64 bits per heavy atom. The zero-order chi connectivity index (χ0) is 17.3. The van der Waals surface area contributed by atoms with Crippen LogP contribution in [0.1, 0.15) is 61.8 Å². The molecule has 0 bridgehead atoms. The molecule has 2 heteroatoms. The first kappa shape index (κ1) is 20.7. The lowest BCUT2D eigenvalue weighted by Crippen LogP contribution is -2.21. The van der Waals surface area contributed by atoms with Crippen LogP contribution in [0.3, 0.4) is 0 Å². The van der Waals surface area contributed by atoms with Crippen molar-refractivity contribution in [1.29, 1.82) is 0 Å². The molecular weight excluding hydrogens is 272 g/mol. The van der Waals surface area contributed by atoms with Crippen LogP contribution in [0.5, 0.6) is 0 Å². The lowest BCUT2D eigenvalue weighted by molar-refractivity contribution is 0.0116. The molecule has 0 unspecified atom stereocenters. The SMILES string of the molecule is CC=C(C)C(COC(C)(C)C)=C(C)C(=CC=C(C)OC)CC. The van der Waals surface area contributed by atoms with Crippen LogP contribution in [0, 0.1) is 0 Å². The van der Waals surface area contributed by atoms with Crippen molar-refractivity contribution in [2.45, 2.75) is 67.4 Å². The van der Waals surface area contributed by atoms with Crippen LogP contribution in [0.2, 0.25) is 0 Å². The first-order chi connectivity index (χ1) is 10.2. The maximum atomic E-state index is 6.01. The average Bonchev–Trinajstić information content (AvgIpc) is 2.46. The van der Waals surface area contributed by atoms with E-state index < -0.39 is 0 Å². The van der Waals surface area contributed by atoms with E-state index in [1.807, 2.05) is 13.0 Å². The topological polar surface area (TPSA) is 18.5 Å². The lowest BCUT2D eigenvalue weighted by atomic mass is 9.94. The molecule has 0 N–H and O–H groups in total. The van der Waals surface area contributed by atoms with E-state index in [1.165, 1.54) is 22.3 Å². The molecule has 0 aromatic heterocycles. The second-order valence-electron chi connectivity index (χ2n) is 6.50. The quantitative estimate of drug-likeness (QED) is 0.426. The fourth-order valence-corrected chi connectivity index (χ4v) is 1.97. The number of hydrogen-bond donors (Lipinski definition) is 0. The summed E-state index contributed by atoms with van der Waals surface area (Å²) in [7, 11) is 1.69. The summed E-state index contributed by atoms with van der Waals surface area (Å²) >= 11 is 0. The maximum Gasteiger partial charge on any atom is 0.0924 e. The molecule has 0 rings (SSSR count). The van der Waals surface area contributed by atoms with Gasteiger partial charge < -0.3 is 9.47 Å². The molecule has 0 aliphatic heterocycles. The van der Waals surface area contributed by atoms with Crippen molar-refractivity contribution in [2.24, 2.45) is 0 Å². The van der Waals surface area contributed by atoms with Crippen LogP contribution in [-0.4, -0.2) is 19.3 Å². The molecule has 0 radical (unpaired) electrons. The predicted molar refractivity (Wildman–Crippen MR) is 97.0 cm³/mol. The van der Waals surface area contributed by atoms with Crippen LogP contribution in [0.4, 0.5) is 0 Å². The first-order valence-electron chi connectivity index (χ1n) is 8.05. The molecule has 126 valence electrons. The zero-order valence-corrected chi connectivity index (χ0v) is 16.0. The van der Waals surface area contributed by atoms with E-state index in [-0.39, 0.29) is 5.60 Å². The molecule has 0 saturated heterocycles. The molecule has 0 aliphatic rings. The van der Waals surface area contributed by atoms with Crippen molar-refractivity contribution in [3.8, 4) is 0 Å². The van der Waals surface area contributed by atoms with Gasteiger partial charge in [0.15, 0.2) is 0 Å². The van der Waals surface area contributed by atoms with Crippen LogP contribution in [-0.2, 0) is 9.47 Å². The van der Waals surface area contributed by atoms with Crippen LogP contribution in [0.15, 0.2) is 46.3 Å². The Morgan fingerprint density at radius 1 is 1.05 bits per heavy atom. The Hall–Kier alpha value is -1.28. The molecule has 0 heterocycles. The fourth-order valence-electron chi connectivity index (χ4n) is 1.97. The Morgan fingerprint density at radius 3 is 2.05 bits per heavy atom. The van der Waals surface area contributed by atoms with Gasteiger partial charge in [-0.25, -0.2) is 0 Å². The van der Waals surface area contributed by atoms with E-state index >= 15 is 0 Å². The van der Waals surface area contributed by atoms with Gasteiger partial charge in [-0.15, -0.1) is 0 Å². The Balaban J connectivity index is 5.65. The molecule has 0 saturated carbocycles. The fraction of sp³-hybridized carbons (Fsp3) is 0.600. The highest BCUT2D eigenvalue weighted by Gasteiger charge is 2.14. The van der Waals surface area contributed by atoms with Crippen LogP contribution < -0.4 is 0 Å².